The molecule has 0 aromatic carbocycles. The molecular weight excluding hydrogens is 186 g/mol. The summed E-state index contributed by atoms with van der Waals surface area (Å²) >= 11 is 0. The van der Waals surface area contributed by atoms with Crippen LogP contribution < -0.4 is 0 Å². The highest BCUT2D eigenvalue weighted by molar-refractivity contribution is 7.88. The molecule has 0 fully saturated rings. The molecule has 0 aliphatic rings. The van der Waals surface area contributed by atoms with Crippen LogP contribution in [0.3, 0.4) is 0 Å². The summed E-state index contributed by atoms with van der Waals surface area (Å²) in [5, 5.41) is 0. The van der Waals surface area contributed by atoms with Crippen molar-refractivity contribution in [3.05, 3.63) is 0 Å². The number of nitrogens with zero attached hydrogens (tertiary/aromatic N) is 1. The Balaban J connectivity index is 4.76. The summed E-state index contributed by atoms with van der Waals surface area (Å²) in [6, 6.07) is 0.204. The second kappa shape index (κ2) is 4.96. The number of rotatable bonds is 5. The summed E-state index contributed by atoms with van der Waals surface area (Å²) in [6.07, 6.45) is 3.00. The van der Waals surface area contributed by atoms with Gasteiger partial charge in [-0.15, -0.1) is 0 Å². The van der Waals surface area contributed by atoms with Crippen LogP contribution in [0.4, 0.5) is 0 Å². The van der Waals surface area contributed by atoms with Crippen molar-refractivity contribution in [2.24, 2.45) is 0 Å². The lowest BCUT2D eigenvalue weighted by atomic mass is 10.2. The SMILES string of the molecule is CCC(C)N(C(C)CC)S(C)(=O)=O. The van der Waals surface area contributed by atoms with Crippen molar-refractivity contribution in [1.82, 2.24) is 4.31 Å². The third-order valence-electron chi connectivity index (χ3n) is 2.43. The van der Waals surface area contributed by atoms with Crippen LogP contribution in [0, 0.1) is 0 Å². The number of hydrogen-bond donors (Lipinski definition) is 0. The Hall–Kier alpha value is -0.0900. The van der Waals surface area contributed by atoms with E-state index in [-0.39, 0.29) is 12.1 Å². The van der Waals surface area contributed by atoms with Gasteiger partial charge in [0.05, 0.1) is 6.26 Å². The van der Waals surface area contributed by atoms with Gasteiger partial charge in [-0.1, -0.05) is 13.8 Å². The molecule has 0 aromatic heterocycles. The third kappa shape index (κ3) is 3.65. The highest BCUT2D eigenvalue weighted by Gasteiger charge is 2.26. The van der Waals surface area contributed by atoms with E-state index in [1.54, 1.807) is 4.31 Å². The predicted molar refractivity (Wildman–Crippen MR) is 56.2 cm³/mol. The first-order chi connectivity index (χ1) is 5.84. The molecule has 0 aliphatic heterocycles. The zero-order chi connectivity index (χ0) is 10.6. The molecule has 0 aliphatic carbocycles. The van der Waals surface area contributed by atoms with E-state index in [1.807, 2.05) is 27.7 Å². The maximum atomic E-state index is 11.5. The predicted octanol–water partition coefficient (Wildman–Crippen LogP) is 1.85. The van der Waals surface area contributed by atoms with Crippen LogP contribution in [0.2, 0.25) is 0 Å². The smallest absolute Gasteiger partial charge is 0.211 e. The normalized spacial score (nSPS) is 17.4. The number of sulfonamides is 1. The topological polar surface area (TPSA) is 37.4 Å². The summed E-state index contributed by atoms with van der Waals surface area (Å²) < 4.78 is 24.5. The van der Waals surface area contributed by atoms with Gasteiger partial charge >= 0.3 is 0 Å². The standard InChI is InChI=1S/C9H21NO2S/c1-6-8(3)10(9(4)7-2)13(5,11)12/h8-9H,6-7H2,1-5H3. The molecule has 4 heteroatoms. The van der Waals surface area contributed by atoms with E-state index in [0.29, 0.717) is 0 Å². The molecule has 2 unspecified atom stereocenters. The first-order valence-corrected chi connectivity index (χ1v) is 6.67. The molecule has 0 N–H and O–H groups in total. The van der Waals surface area contributed by atoms with Gasteiger partial charge in [-0.05, 0) is 26.7 Å². The van der Waals surface area contributed by atoms with Crippen LogP contribution in [-0.4, -0.2) is 31.1 Å². The van der Waals surface area contributed by atoms with Gasteiger partial charge < -0.3 is 0 Å². The van der Waals surface area contributed by atoms with Gasteiger partial charge in [-0.2, -0.15) is 4.31 Å². The van der Waals surface area contributed by atoms with Gasteiger partial charge in [0.25, 0.3) is 0 Å². The molecule has 0 spiro atoms. The molecular formula is C9H21NO2S. The van der Waals surface area contributed by atoms with Crippen LogP contribution in [0.15, 0.2) is 0 Å². The lowest BCUT2D eigenvalue weighted by Gasteiger charge is -2.31. The minimum absolute atomic E-state index is 0.102. The molecule has 0 bridgehead atoms. The van der Waals surface area contributed by atoms with E-state index in [2.05, 4.69) is 0 Å². The van der Waals surface area contributed by atoms with Crippen molar-refractivity contribution in [3.63, 3.8) is 0 Å². The Morgan fingerprint density at radius 3 is 1.54 bits per heavy atom. The monoisotopic (exact) mass is 207 g/mol. The fourth-order valence-corrected chi connectivity index (χ4v) is 3.05. The first-order valence-electron chi connectivity index (χ1n) is 4.83. The van der Waals surface area contributed by atoms with E-state index in [9.17, 15) is 8.42 Å². The minimum Gasteiger partial charge on any atom is -0.212 e. The zero-order valence-electron chi connectivity index (χ0n) is 9.24. The fourth-order valence-electron chi connectivity index (χ4n) is 1.45. The average molecular weight is 207 g/mol. The van der Waals surface area contributed by atoms with Gasteiger partial charge in [0.1, 0.15) is 0 Å². The van der Waals surface area contributed by atoms with Crippen LogP contribution in [0.1, 0.15) is 40.5 Å². The van der Waals surface area contributed by atoms with Gasteiger partial charge in [-0.3, -0.25) is 0 Å². The number of hydrogen-bond acceptors (Lipinski definition) is 2. The van der Waals surface area contributed by atoms with Crippen LogP contribution >= 0.6 is 0 Å². The Kier molecular flexibility index (Phi) is 4.92. The summed E-state index contributed by atoms with van der Waals surface area (Å²) in [6.45, 7) is 7.91. The van der Waals surface area contributed by atoms with Crippen molar-refractivity contribution in [2.75, 3.05) is 6.26 Å². The van der Waals surface area contributed by atoms with Crippen molar-refractivity contribution in [2.45, 2.75) is 52.6 Å². The Labute approximate surface area is 82.2 Å². The molecule has 0 radical (unpaired) electrons. The van der Waals surface area contributed by atoms with E-state index < -0.39 is 10.0 Å². The minimum atomic E-state index is -3.05. The van der Waals surface area contributed by atoms with Crippen molar-refractivity contribution < 1.29 is 8.42 Å². The second-order valence-electron chi connectivity index (χ2n) is 3.61. The molecule has 0 heterocycles. The molecule has 13 heavy (non-hydrogen) atoms. The molecule has 0 rings (SSSR count). The van der Waals surface area contributed by atoms with Crippen LogP contribution in [-0.2, 0) is 10.0 Å². The molecule has 0 saturated heterocycles. The van der Waals surface area contributed by atoms with Gasteiger partial charge in [0, 0.05) is 12.1 Å². The molecule has 2 atom stereocenters. The summed E-state index contributed by atoms with van der Waals surface area (Å²) in [5.41, 5.74) is 0. The molecule has 0 aromatic rings. The van der Waals surface area contributed by atoms with Crippen molar-refractivity contribution in [3.8, 4) is 0 Å². The van der Waals surface area contributed by atoms with Crippen molar-refractivity contribution >= 4 is 10.0 Å². The Morgan fingerprint density at radius 1 is 1.08 bits per heavy atom. The fraction of sp³-hybridized carbons (Fsp3) is 1.00. The van der Waals surface area contributed by atoms with Crippen molar-refractivity contribution in [1.29, 1.82) is 0 Å². The van der Waals surface area contributed by atoms with E-state index in [0.717, 1.165) is 12.8 Å². The van der Waals surface area contributed by atoms with E-state index in [4.69, 9.17) is 0 Å². The zero-order valence-corrected chi connectivity index (χ0v) is 10.1. The second-order valence-corrected chi connectivity index (χ2v) is 5.50. The van der Waals surface area contributed by atoms with Gasteiger partial charge in [0.2, 0.25) is 10.0 Å². The highest BCUT2D eigenvalue weighted by atomic mass is 32.2. The average Bonchev–Trinajstić information content (AvgIpc) is 2.01. The Morgan fingerprint density at radius 2 is 1.38 bits per heavy atom. The maximum Gasteiger partial charge on any atom is 0.211 e. The lowest BCUT2D eigenvalue weighted by molar-refractivity contribution is 0.264. The van der Waals surface area contributed by atoms with Gasteiger partial charge in [0.15, 0.2) is 0 Å². The first kappa shape index (κ1) is 12.9. The molecule has 80 valence electrons. The maximum absolute atomic E-state index is 11.5. The summed E-state index contributed by atoms with van der Waals surface area (Å²) in [7, 11) is -3.05. The van der Waals surface area contributed by atoms with E-state index in [1.165, 1.54) is 6.26 Å². The van der Waals surface area contributed by atoms with Crippen LogP contribution in [0.25, 0.3) is 0 Å². The third-order valence-corrected chi connectivity index (χ3v) is 3.92. The summed E-state index contributed by atoms with van der Waals surface area (Å²) in [4.78, 5) is 0. The van der Waals surface area contributed by atoms with Gasteiger partial charge in [-0.25, -0.2) is 8.42 Å². The summed E-state index contributed by atoms with van der Waals surface area (Å²) in [5.74, 6) is 0. The molecule has 3 nitrogen and oxygen atoms in total. The Bertz CT molecular complexity index is 226. The van der Waals surface area contributed by atoms with Crippen LogP contribution in [0.5, 0.6) is 0 Å². The highest BCUT2D eigenvalue weighted by Crippen LogP contribution is 2.15. The lowest BCUT2D eigenvalue weighted by Crippen LogP contribution is -2.43. The van der Waals surface area contributed by atoms with E-state index >= 15 is 0 Å². The molecule has 0 amide bonds. The largest absolute Gasteiger partial charge is 0.212 e. The molecule has 0 saturated carbocycles. The quantitative estimate of drug-likeness (QED) is 0.690.